The van der Waals surface area contributed by atoms with E-state index in [1.165, 1.54) is 0 Å². The first-order valence-electron chi connectivity index (χ1n) is 6.81. The van der Waals surface area contributed by atoms with Crippen LogP contribution in [0.1, 0.15) is 19.4 Å². The van der Waals surface area contributed by atoms with Crippen LogP contribution in [0.15, 0.2) is 54.6 Å². The van der Waals surface area contributed by atoms with E-state index in [4.69, 9.17) is 0 Å². The summed E-state index contributed by atoms with van der Waals surface area (Å²) >= 11 is 0. The summed E-state index contributed by atoms with van der Waals surface area (Å²) in [7, 11) is 0. The van der Waals surface area contributed by atoms with E-state index >= 15 is 0 Å². The van der Waals surface area contributed by atoms with Crippen molar-refractivity contribution in [3.05, 3.63) is 60.2 Å². The molecule has 0 fully saturated rings. The molecule has 20 heavy (non-hydrogen) atoms. The largest absolute Gasteiger partial charge is 0.370 e. The summed E-state index contributed by atoms with van der Waals surface area (Å²) < 4.78 is 0. The fourth-order valence-electron chi connectivity index (χ4n) is 2.57. The number of amides is 1. The molecular weight excluding hydrogens is 248 g/mol. The Hall–Kier alpha value is -2.29. The number of nitrogens with one attached hydrogen (secondary N) is 1. The van der Waals surface area contributed by atoms with E-state index in [-0.39, 0.29) is 5.91 Å². The molecule has 2 aromatic carbocycles. The minimum atomic E-state index is -0.580. The zero-order chi connectivity index (χ0) is 14.2. The van der Waals surface area contributed by atoms with Crippen LogP contribution in [0.25, 0.3) is 0 Å². The van der Waals surface area contributed by atoms with Crippen molar-refractivity contribution in [2.24, 2.45) is 0 Å². The Morgan fingerprint density at radius 3 is 2.40 bits per heavy atom. The molecule has 0 aliphatic carbocycles. The molecule has 0 bridgehead atoms. The normalized spacial score (nSPS) is 16.5. The lowest BCUT2D eigenvalue weighted by molar-refractivity contribution is -0.122. The van der Waals surface area contributed by atoms with Crippen LogP contribution < -0.4 is 10.2 Å². The Kier molecular flexibility index (Phi) is 2.97. The van der Waals surface area contributed by atoms with Gasteiger partial charge in [-0.2, -0.15) is 0 Å². The highest BCUT2D eigenvalue weighted by Crippen LogP contribution is 2.35. The molecule has 0 radical (unpaired) electrons. The second kappa shape index (κ2) is 4.67. The summed E-state index contributed by atoms with van der Waals surface area (Å²) in [6, 6.07) is 18.0. The number of rotatable bonds is 2. The average Bonchev–Trinajstić information content (AvgIpc) is 2.44. The third-order valence-electron chi connectivity index (χ3n) is 3.61. The Bertz CT molecular complexity index is 634. The molecule has 3 rings (SSSR count). The molecule has 3 heteroatoms. The summed E-state index contributed by atoms with van der Waals surface area (Å²) in [6.07, 6.45) is 0. The van der Waals surface area contributed by atoms with Crippen molar-refractivity contribution in [2.45, 2.75) is 25.9 Å². The number of para-hydroxylation sites is 2. The second-order valence-corrected chi connectivity index (χ2v) is 5.64. The smallest absolute Gasteiger partial charge is 0.252 e. The van der Waals surface area contributed by atoms with Crippen molar-refractivity contribution in [2.75, 3.05) is 10.2 Å². The van der Waals surface area contributed by atoms with Crippen LogP contribution in [-0.2, 0) is 11.3 Å². The lowest BCUT2D eigenvalue weighted by Gasteiger charge is -2.40. The van der Waals surface area contributed by atoms with Crippen LogP contribution in [0.3, 0.4) is 0 Å². The summed E-state index contributed by atoms with van der Waals surface area (Å²) in [5.41, 5.74) is 2.51. The van der Waals surface area contributed by atoms with Gasteiger partial charge in [-0.3, -0.25) is 4.79 Å². The maximum absolute atomic E-state index is 12.7. The van der Waals surface area contributed by atoms with Crippen molar-refractivity contribution in [3.63, 3.8) is 0 Å². The number of carbonyl (C=O) groups is 1. The van der Waals surface area contributed by atoms with Crippen LogP contribution >= 0.6 is 0 Å². The number of fused-ring (bicyclic) bond motifs is 1. The van der Waals surface area contributed by atoms with Crippen LogP contribution in [0.4, 0.5) is 11.4 Å². The molecule has 1 aliphatic rings. The van der Waals surface area contributed by atoms with E-state index in [9.17, 15) is 4.79 Å². The second-order valence-electron chi connectivity index (χ2n) is 5.64. The number of nitrogens with zero attached hydrogens (tertiary/aromatic N) is 1. The van der Waals surface area contributed by atoms with Crippen molar-refractivity contribution in [1.29, 1.82) is 0 Å². The number of hydrogen-bond donors (Lipinski definition) is 1. The van der Waals surface area contributed by atoms with Gasteiger partial charge in [-0.05, 0) is 31.5 Å². The van der Waals surface area contributed by atoms with Gasteiger partial charge in [-0.1, -0.05) is 42.5 Å². The molecule has 2 aromatic rings. The zero-order valence-corrected chi connectivity index (χ0v) is 11.8. The van der Waals surface area contributed by atoms with E-state index in [1.54, 1.807) is 0 Å². The van der Waals surface area contributed by atoms with Crippen LogP contribution in [-0.4, -0.2) is 11.4 Å². The molecule has 0 saturated heterocycles. The van der Waals surface area contributed by atoms with Gasteiger partial charge in [0.05, 0.1) is 17.9 Å². The third kappa shape index (κ3) is 2.16. The highest BCUT2D eigenvalue weighted by Gasteiger charge is 2.38. The Morgan fingerprint density at radius 1 is 1.00 bits per heavy atom. The fraction of sp³-hybridized carbons (Fsp3) is 0.235. The lowest BCUT2D eigenvalue weighted by atomic mass is 9.97. The van der Waals surface area contributed by atoms with E-state index in [1.807, 2.05) is 73.3 Å². The number of hydrogen-bond acceptors (Lipinski definition) is 2. The molecule has 0 atom stereocenters. The number of anilines is 2. The summed E-state index contributed by atoms with van der Waals surface area (Å²) in [5.74, 6) is 0.0973. The molecule has 0 unspecified atom stereocenters. The van der Waals surface area contributed by atoms with Crippen LogP contribution in [0, 0.1) is 0 Å². The van der Waals surface area contributed by atoms with Crippen LogP contribution in [0.5, 0.6) is 0 Å². The SMILES string of the molecule is CC1(C)Nc2ccccc2N(Cc2ccccc2)C1=O. The molecule has 0 spiro atoms. The standard InChI is InChI=1S/C17H18N2O/c1-17(2)16(20)19(12-13-8-4-3-5-9-13)15-11-7-6-10-14(15)18-17/h3-11,18H,12H2,1-2H3. The van der Waals surface area contributed by atoms with Crippen molar-refractivity contribution in [1.82, 2.24) is 0 Å². The molecule has 1 amide bonds. The van der Waals surface area contributed by atoms with Gasteiger partial charge in [0.25, 0.3) is 5.91 Å². The maximum Gasteiger partial charge on any atom is 0.252 e. The van der Waals surface area contributed by atoms with Gasteiger partial charge in [-0.15, -0.1) is 0 Å². The van der Waals surface area contributed by atoms with Gasteiger partial charge >= 0.3 is 0 Å². The number of benzene rings is 2. The Labute approximate surface area is 119 Å². The number of carbonyl (C=O) groups excluding carboxylic acids is 1. The first-order chi connectivity index (χ1) is 9.58. The summed E-state index contributed by atoms with van der Waals surface area (Å²) in [6.45, 7) is 4.44. The molecule has 3 nitrogen and oxygen atoms in total. The Balaban J connectivity index is 2.02. The van der Waals surface area contributed by atoms with E-state index < -0.39 is 5.54 Å². The topological polar surface area (TPSA) is 32.3 Å². The molecular formula is C17H18N2O. The fourth-order valence-corrected chi connectivity index (χ4v) is 2.57. The van der Waals surface area contributed by atoms with Crippen molar-refractivity contribution in [3.8, 4) is 0 Å². The quantitative estimate of drug-likeness (QED) is 0.903. The van der Waals surface area contributed by atoms with E-state index in [0.29, 0.717) is 6.54 Å². The average molecular weight is 266 g/mol. The molecule has 1 N–H and O–H groups in total. The first-order valence-corrected chi connectivity index (χ1v) is 6.81. The first kappa shape index (κ1) is 12.7. The molecule has 1 heterocycles. The maximum atomic E-state index is 12.7. The highest BCUT2D eigenvalue weighted by molar-refractivity contribution is 6.07. The summed E-state index contributed by atoms with van der Waals surface area (Å²) in [5, 5.41) is 3.31. The molecule has 102 valence electrons. The van der Waals surface area contributed by atoms with Gasteiger partial charge in [0.1, 0.15) is 5.54 Å². The van der Waals surface area contributed by atoms with Gasteiger partial charge in [0, 0.05) is 0 Å². The monoisotopic (exact) mass is 266 g/mol. The molecule has 0 saturated carbocycles. The summed E-state index contributed by atoms with van der Waals surface area (Å²) in [4.78, 5) is 14.5. The van der Waals surface area contributed by atoms with E-state index in [2.05, 4.69) is 5.32 Å². The van der Waals surface area contributed by atoms with E-state index in [0.717, 1.165) is 16.9 Å². The predicted octanol–water partition coefficient (Wildman–Crippen LogP) is 3.42. The predicted molar refractivity (Wildman–Crippen MR) is 81.8 cm³/mol. The minimum absolute atomic E-state index is 0.0973. The Morgan fingerprint density at radius 2 is 1.65 bits per heavy atom. The third-order valence-corrected chi connectivity index (χ3v) is 3.61. The highest BCUT2D eigenvalue weighted by atomic mass is 16.2. The van der Waals surface area contributed by atoms with Gasteiger partial charge < -0.3 is 10.2 Å². The molecule has 0 aromatic heterocycles. The van der Waals surface area contributed by atoms with Crippen molar-refractivity contribution < 1.29 is 4.79 Å². The molecule has 1 aliphatic heterocycles. The zero-order valence-electron chi connectivity index (χ0n) is 11.8. The van der Waals surface area contributed by atoms with Gasteiger partial charge in [0.2, 0.25) is 0 Å². The minimum Gasteiger partial charge on any atom is -0.370 e. The van der Waals surface area contributed by atoms with Gasteiger partial charge in [-0.25, -0.2) is 0 Å². The van der Waals surface area contributed by atoms with Crippen LogP contribution in [0.2, 0.25) is 0 Å². The van der Waals surface area contributed by atoms with Crippen molar-refractivity contribution >= 4 is 17.3 Å². The van der Waals surface area contributed by atoms with Gasteiger partial charge in [0.15, 0.2) is 0 Å². The lowest BCUT2D eigenvalue weighted by Crippen LogP contribution is -2.53.